The van der Waals surface area contributed by atoms with Gasteiger partial charge >= 0.3 is 0 Å². The van der Waals surface area contributed by atoms with Gasteiger partial charge in [0.05, 0.1) is 16.3 Å². The molecule has 7 heteroatoms. The molecule has 0 aliphatic carbocycles. The zero-order valence-electron chi connectivity index (χ0n) is 13.3. The Balaban J connectivity index is 1.83. The van der Waals surface area contributed by atoms with Crippen molar-refractivity contribution in [2.24, 2.45) is 10.1 Å². The Morgan fingerprint density at radius 2 is 1.92 bits per heavy atom. The average Bonchev–Trinajstić information content (AvgIpc) is 2.59. The van der Waals surface area contributed by atoms with Crippen LogP contribution in [-0.2, 0) is 0 Å². The van der Waals surface area contributed by atoms with Crippen molar-refractivity contribution in [1.82, 2.24) is 5.43 Å². The summed E-state index contributed by atoms with van der Waals surface area (Å²) in [7, 11) is 0. The van der Waals surface area contributed by atoms with E-state index in [-0.39, 0.29) is 5.69 Å². The van der Waals surface area contributed by atoms with Gasteiger partial charge in [0.1, 0.15) is 0 Å². The van der Waals surface area contributed by atoms with Crippen molar-refractivity contribution in [2.45, 2.75) is 13.8 Å². The number of amidine groups is 1. The molecule has 0 bridgehead atoms. The Morgan fingerprint density at radius 1 is 1.21 bits per heavy atom. The lowest BCUT2D eigenvalue weighted by Crippen LogP contribution is -2.25. The summed E-state index contributed by atoms with van der Waals surface area (Å²) in [4.78, 5) is 15.1. The number of aryl methyl sites for hydroxylation is 2. The van der Waals surface area contributed by atoms with Crippen LogP contribution in [0.1, 0.15) is 16.7 Å². The van der Waals surface area contributed by atoms with Crippen molar-refractivity contribution in [3.63, 3.8) is 0 Å². The van der Waals surface area contributed by atoms with E-state index in [0.717, 1.165) is 33.3 Å². The Kier molecular flexibility index (Phi) is 4.61. The molecule has 0 saturated heterocycles. The molecule has 1 N–H and O–H groups in total. The summed E-state index contributed by atoms with van der Waals surface area (Å²) in [5.74, 6) is 0.609. The lowest BCUT2D eigenvalue weighted by Gasteiger charge is -2.15. The van der Waals surface area contributed by atoms with Gasteiger partial charge in [0.25, 0.3) is 5.69 Å². The molecule has 1 aliphatic rings. The SMILES string of the molecule is Cc1cccc(C)c1N=C1NN=C(c2cccc([N+](=O)[O-])c2)CS1. The number of aliphatic imine (C=N–C) groups is 1. The highest BCUT2D eigenvalue weighted by Crippen LogP contribution is 2.25. The second-order valence-electron chi connectivity index (χ2n) is 5.42. The fourth-order valence-corrected chi connectivity index (χ4v) is 3.17. The van der Waals surface area contributed by atoms with Crippen LogP contribution in [0.15, 0.2) is 52.6 Å². The first-order chi connectivity index (χ1) is 11.5. The summed E-state index contributed by atoms with van der Waals surface area (Å²) in [6.45, 7) is 4.05. The number of non-ortho nitro benzene ring substituents is 1. The summed E-state index contributed by atoms with van der Waals surface area (Å²) in [6, 6.07) is 12.6. The highest BCUT2D eigenvalue weighted by atomic mass is 32.2. The standard InChI is InChI=1S/C17H16N4O2S/c1-11-5-3-6-12(2)16(11)18-17-20-19-15(10-24-17)13-7-4-8-14(9-13)21(22)23/h3-9H,10H2,1-2H3,(H,18,20). The molecular formula is C17H16N4O2S. The maximum absolute atomic E-state index is 10.9. The molecular weight excluding hydrogens is 324 g/mol. The minimum Gasteiger partial charge on any atom is -0.258 e. The number of thioether (sulfide) groups is 1. The van der Waals surface area contributed by atoms with Gasteiger partial charge in [-0.25, -0.2) is 4.99 Å². The maximum atomic E-state index is 10.9. The third-order valence-electron chi connectivity index (χ3n) is 3.68. The number of nitrogens with zero attached hydrogens (tertiary/aromatic N) is 3. The molecule has 0 radical (unpaired) electrons. The summed E-state index contributed by atoms with van der Waals surface area (Å²) in [5, 5.41) is 15.9. The largest absolute Gasteiger partial charge is 0.270 e. The first-order valence-electron chi connectivity index (χ1n) is 7.39. The van der Waals surface area contributed by atoms with Crippen molar-refractivity contribution < 1.29 is 4.92 Å². The predicted octanol–water partition coefficient (Wildman–Crippen LogP) is 3.94. The second-order valence-corrected chi connectivity index (χ2v) is 6.39. The molecule has 0 aromatic heterocycles. The number of nitrogens with one attached hydrogen (secondary N) is 1. The van der Waals surface area contributed by atoms with Gasteiger partial charge in [-0.05, 0) is 25.0 Å². The number of benzene rings is 2. The van der Waals surface area contributed by atoms with Crippen LogP contribution in [-0.4, -0.2) is 21.6 Å². The molecule has 24 heavy (non-hydrogen) atoms. The van der Waals surface area contributed by atoms with Gasteiger partial charge in [0.15, 0.2) is 5.17 Å². The first-order valence-corrected chi connectivity index (χ1v) is 8.38. The molecule has 122 valence electrons. The average molecular weight is 340 g/mol. The molecule has 0 unspecified atom stereocenters. The van der Waals surface area contributed by atoms with E-state index in [1.807, 2.05) is 38.1 Å². The van der Waals surface area contributed by atoms with Crippen LogP contribution >= 0.6 is 11.8 Å². The Bertz CT molecular complexity index is 841. The maximum Gasteiger partial charge on any atom is 0.270 e. The molecule has 1 heterocycles. The van der Waals surface area contributed by atoms with Crippen molar-refractivity contribution >= 4 is 34.0 Å². The number of rotatable bonds is 3. The molecule has 0 spiro atoms. The van der Waals surface area contributed by atoms with Gasteiger partial charge in [-0.3, -0.25) is 15.5 Å². The monoisotopic (exact) mass is 340 g/mol. The summed E-state index contributed by atoms with van der Waals surface area (Å²) >= 11 is 1.53. The Labute approximate surface area is 143 Å². The van der Waals surface area contributed by atoms with Crippen LogP contribution in [0.4, 0.5) is 11.4 Å². The lowest BCUT2D eigenvalue weighted by molar-refractivity contribution is -0.384. The molecule has 0 atom stereocenters. The van der Waals surface area contributed by atoms with Crippen molar-refractivity contribution in [1.29, 1.82) is 0 Å². The number of hydrogen-bond donors (Lipinski definition) is 1. The Morgan fingerprint density at radius 3 is 2.54 bits per heavy atom. The van der Waals surface area contributed by atoms with Crippen molar-refractivity contribution in [3.8, 4) is 0 Å². The molecule has 0 fully saturated rings. The fourth-order valence-electron chi connectivity index (χ4n) is 2.40. The number of nitro groups is 1. The molecule has 2 aromatic carbocycles. The van der Waals surface area contributed by atoms with Gasteiger partial charge in [-0.15, -0.1) is 0 Å². The van der Waals surface area contributed by atoms with E-state index < -0.39 is 4.92 Å². The Hall–Kier alpha value is -2.67. The first kappa shape index (κ1) is 16.2. The summed E-state index contributed by atoms with van der Waals surface area (Å²) in [6.07, 6.45) is 0. The van der Waals surface area contributed by atoms with E-state index in [9.17, 15) is 10.1 Å². The normalized spacial score (nSPS) is 15.8. The van der Waals surface area contributed by atoms with Gasteiger partial charge in [-0.1, -0.05) is 42.1 Å². The lowest BCUT2D eigenvalue weighted by atomic mass is 10.1. The zero-order valence-corrected chi connectivity index (χ0v) is 14.1. The van der Waals surface area contributed by atoms with Crippen LogP contribution in [0.5, 0.6) is 0 Å². The van der Waals surface area contributed by atoms with E-state index in [2.05, 4.69) is 15.5 Å². The highest BCUT2D eigenvalue weighted by Gasteiger charge is 2.16. The quantitative estimate of drug-likeness (QED) is 0.678. The van der Waals surface area contributed by atoms with E-state index in [0.29, 0.717) is 5.75 Å². The van der Waals surface area contributed by atoms with Crippen LogP contribution < -0.4 is 5.43 Å². The second kappa shape index (κ2) is 6.84. The topological polar surface area (TPSA) is 79.9 Å². The minimum atomic E-state index is -0.401. The third-order valence-corrected chi connectivity index (χ3v) is 4.55. The zero-order chi connectivity index (χ0) is 17.1. The highest BCUT2D eigenvalue weighted by molar-refractivity contribution is 8.14. The van der Waals surface area contributed by atoms with E-state index in [1.54, 1.807) is 6.07 Å². The molecule has 3 rings (SSSR count). The number of para-hydroxylation sites is 1. The number of hydrazone groups is 1. The van der Waals surface area contributed by atoms with Crippen LogP contribution in [0.3, 0.4) is 0 Å². The van der Waals surface area contributed by atoms with Crippen molar-refractivity contribution in [2.75, 3.05) is 5.75 Å². The molecule has 0 amide bonds. The smallest absolute Gasteiger partial charge is 0.258 e. The minimum absolute atomic E-state index is 0.0650. The van der Waals surface area contributed by atoms with Gasteiger partial charge in [0.2, 0.25) is 0 Å². The van der Waals surface area contributed by atoms with Crippen LogP contribution in [0.25, 0.3) is 0 Å². The van der Waals surface area contributed by atoms with Gasteiger partial charge in [-0.2, -0.15) is 5.10 Å². The number of nitro benzene ring substituents is 1. The van der Waals surface area contributed by atoms with Gasteiger partial charge in [0, 0.05) is 23.4 Å². The molecule has 1 aliphatic heterocycles. The summed E-state index contributed by atoms with van der Waals surface area (Å²) in [5.41, 5.74) is 7.69. The fraction of sp³-hybridized carbons (Fsp3) is 0.176. The van der Waals surface area contributed by atoms with E-state index in [4.69, 9.17) is 0 Å². The summed E-state index contributed by atoms with van der Waals surface area (Å²) < 4.78 is 0. The predicted molar refractivity (Wildman–Crippen MR) is 98.2 cm³/mol. The van der Waals surface area contributed by atoms with Crippen LogP contribution in [0.2, 0.25) is 0 Å². The van der Waals surface area contributed by atoms with E-state index >= 15 is 0 Å². The molecule has 0 saturated carbocycles. The van der Waals surface area contributed by atoms with Gasteiger partial charge < -0.3 is 0 Å². The van der Waals surface area contributed by atoms with Crippen molar-refractivity contribution in [3.05, 3.63) is 69.3 Å². The molecule has 6 nitrogen and oxygen atoms in total. The van der Waals surface area contributed by atoms with E-state index in [1.165, 1.54) is 23.9 Å². The van der Waals surface area contributed by atoms with Crippen LogP contribution in [0, 0.1) is 24.0 Å². The molecule has 2 aromatic rings. The number of hydrogen-bond acceptors (Lipinski definition) is 5. The third kappa shape index (κ3) is 3.46.